The largest absolute Gasteiger partial charge is 0.497 e. The summed E-state index contributed by atoms with van der Waals surface area (Å²) in [6, 6.07) is 14.1. The molecule has 28 heavy (non-hydrogen) atoms. The number of rotatable bonds is 8. The van der Waals surface area contributed by atoms with Crippen LogP contribution in [-0.2, 0) is 22.6 Å². The van der Waals surface area contributed by atoms with Gasteiger partial charge in [0.05, 0.1) is 20.1 Å². The van der Waals surface area contributed by atoms with E-state index in [0.29, 0.717) is 16.9 Å². The van der Waals surface area contributed by atoms with Crippen LogP contribution in [0.1, 0.15) is 24.5 Å². The molecule has 0 aliphatic carbocycles. The molecule has 6 heteroatoms. The lowest BCUT2D eigenvalue weighted by Crippen LogP contribution is -2.11. The van der Waals surface area contributed by atoms with Gasteiger partial charge in [0.25, 0.3) is 0 Å². The standard InChI is InChI=1S/C22H22O6/c1-3-15-4-9-19-16(13-22(24)28-20(19)12-15)14-27-21(23)10-11-26-18-7-5-17(25-2)6-8-18/h4-9,12-13H,3,10-11,14H2,1-2H3. The third kappa shape index (κ3) is 4.91. The fourth-order valence-electron chi connectivity index (χ4n) is 2.77. The Morgan fingerprint density at radius 3 is 2.50 bits per heavy atom. The lowest BCUT2D eigenvalue weighted by atomic mass is 10.1. The molecule has 0 fully saturated rings. The van der Waals surface area contributed by atoms with Crippen LogP contribution >= 0.6 is 0 Å². The van der Waals surface area contributed by atoms with Crippen LogP contribution in [0.4, 0.5) is 0 Å². The number of carbonyl (C=O) groups excluding carboxylic acids is 1. The highest BCUT2D eigenvalue weighted by atomic mass is 16.5. The van der Waals surface area contributed by atoms with E-state index in [1.54, 1.807) is 31.4 Å². The Morgan fingerprint density at radius 2 is 1.79 bits per heavy atom. The predicted molar refractivity (Wildman–Crippen MR) is 105 cm³/mol. The zero-order valence-corrected chi connectivity index (χ0v) is 15.9. The van der Waals surface area contributed by atoms with E-state index in [2.05, 4.69) is 0 Å². The second-order valence-electron chi connectivity index (χ2n) is 6.21. The molecule has 0 saturated carbocycles. The Labute approximate surface area is 162 Å². The van der Waals surface area contributed by atoms with E-state index in [-0.39, 0.29) is 19.6 Å². The normalized spacial score (nSPS) is 10.6. The second kappa shape index (κ2) is 9.08. The average Bonchev–Trinajstić information content (AvgIpc) is 2.71. The Morgan fingerprint density at radius 1 is 1.04 bits per heavy atom. The zero-order valence-electron chi connectivity index (χ0n) is 15.9. The molecule has 0 spiro atoms. The minimum Gasteiger partial charge on any atom is -0.497 e. The van der Waals surface area contributed by atoms with Gasteiger partial charge in [-0.25, -0.2) is 4.79 Å². The Bertz CT molecular complexity index is 1000. The number of ether oxygens (including phenoxy) is 3. The summed E-state index contributed by atoms with van der Waals surface area (Å²) in [5.41, 5.74) is 1.73. The number of benzene rings is 2. The third-order valence-corrected chi connectivity index (χ3v) is 4.33. The van der Waals surface area contributed by atoms with Crippen LogP contribution in [0.15, 0.2) is 57.7 Å². The number of fused-ring (bicyclic) bond motifs is 1. The van der Waals surface area contributed by atoms with E-state index in [9.17, 15) is 9.59 Å². The Balaban J connectivity index is 1.56. The molecule has 1 aromatic heterocycles. The zero-order chi connectivity index (χ0) is 19.9. The summed E-state index contributed by atoms with van der Waals surface area (Å²) in [4.78, 5) is 23.8. The molecule has 0 N–H and O–H groups in total. The van der Waals surface area contributed by atoms with Crippen LogP contribution in [0, 0.1) is 0 Å². The summed E-state index contributed by atoms with van der Waals surface area (Å²) in [6.07, 6.45) is 0.943. The number of esters is 1. The highest BCUT2D eigenvalue weighted by molar-refractivity contribution is 5.81. The molecular formula is C22H22O6. The molecule has 0 aliphatic heterocycles. The van der Waals surface area contributed by atoms with Crippen LogP contribution in [0.2, 0.25) is 0 Å². The van der Waals surface area contributed by atoms with Crippen molar-refractivity contribution >= 4 is 16.9 Å². The van der Waals surface area contributed by atoms with Gasteiger partial charge >= 0.3 is 11.6 Å². The summed E-state index contributed by atoms with van der Waals surface area (Å²) >= 11 is 0. The van der Waals surface area contributed by atoms with Gasteiger partial charge in [-0.05, 0) is 42.3 Å². The lowest BCUT2D eigenvalue weighted by molar-refractivity contribution is -0.145. The van der Waals surface area contributed by atoms with Gasteiger partial charge in [0.2, 0.25) is 0 Å². The van der Waals surface area contributed by atoms with Crippen molar-refractivity contribution in [3.63, 3.8) is 0 Å². The van der Waals surface area contributed by atoms with Crippen LogP contribution in [0.3, 0.4) is 0 Å². The van der Waals surface area contributed by atoms with E-state index in [1.807, 2.05) is 25.1 Å². The summed E-state index contributed by atoms with van der Waals surface area (Å²) in [5, 5.41) is 0.763. The van der Waals surface area contributed by atoms with Gasteiger partial charge in [0, 0.05) is 17.0 Å². The summed E-state index contributed by atoms with van der Waals surface area (Å²) in [7, 11) is 1.59. The van der Waals surface area contributed by atoms with Crippen LogP contribution < -0.4 is 15.1 Å². The van der Waals surface area contributed by atoms with Crippen molar-refractivity contribution in [2.45, 2.75) is 26.4 Å². The number of methoxy groups -OCH3 is 1. The molecule has 0 radical (unpaired) electrons. The van der Waals surface area contributed by atoms with Gasteiger partial charge in [-0.3, -0.25) is 4.79 Å². The second-order valence-corrected chi connectivity index (χ2v) is 6.21. The minimum atomic E-state index is -0.463. The van der Waals surface area contributed by atoms with E-state index in [0.717, 1.165) is 23.1 Å². The minimum absolute atomic E-state index is 0.00887. The van der Waals surface area contributed by atoms with Gasteiger partial charge in [0.1, 0.15) is 23.7 Å². The Hall–Kier alpha value is -3.28. The fraction of sp³-hybridized carbons (Fsp3) is 0.273. The van der Waals surface area contributed by atoms with Crippen molar-refractivity contribution in [1.82, 2.24) is 0 Å². The third-order valence-electron chi connectivity index (χ3n) is 4.33. The van der Waals surface area contributed by atoms with Crippen LogP contribution in [0.5, 0.6) is 11.5 Å². The van der Waals surface area contributed by atoms with Crippen molar-refractivity contribution in [3.8, 4) is 11.5 Å². The van der Waals surface area contributed by atoms with Crippen LogP contribution in [0.25, 0.3) is 11.0 Å². The molecule has 0 amide bonds. The van der Waals surface area contributed by atoms with E-state index < -0.39 is 11.6 Å². The highest BCUT2D eigenvalue weighted by Crippen LogP contribution is 2.20. The number of hydrogen-bond acceptors (Lipinski definition) is 6. The molecule has 0 saturated heterocycles. The number of carbonyl (C=O) groups is 1. The molecule has 0 atom stereocenters. The summed E-state index contributed by atoms with van der Waals surface area (Å²) in [6.45, 7) is 2.23. The van der Waals surface area contributed by atoms with Gasteiger partial charge < -0.3 is 18.6 Å². The first kappa shape index (κ1) is 19.5. The first-order chi connectivity index (χ1) is 13.6. The number of hydrogen-bond donors (Lipinski definition) is 0. The molecule has 3 rings (SSSR count). The van der Waals surface area contributed by atoms with Gasteiger partial charge in [-0.15, -0.1) is 0 Å². The lowest BCUT2D eigenvalue weighted by Gasteiger charge is -2.09. The van der Waals surface area contributed by atoms with Crippen molar-refractivity contribution in [2.75, 3.05) is 13.7 Å². The van der Waals surface area contributed by atoms with Crippen LogP contribution in [-0.4, -0.2) is 19.7 Å². The van der Waals surface area contributed by atoms with Crippen molar-refractivity contribution in [2.24, 2.45) is 0 Å². The van der Waals surface area contributed by atoms with Gasteiger partial charge in [-0.2, -0.15) is 0 Å². The van der Waals surface area contributed by atoms with E-state index >= 15 is 0 Å². The molecular weight excluding hydrogens is 360 g/mol. The molecule has 0 bridgehead atoms. The monoisotopic (exact) mass is 382 g/mol. The molecule has 0 unspecified atom stereocenters. The summed E-state index contributed by atoms with van der Waals surface area (Å²) in [5.74, 6) is 0.976. The topological polar surface area (TPSA) is 75.0 Å². The smallest absolute Gasteiger partial charge is 0.336 e. The maximum absolute atomic E-state index is 12.0. The first-order valence-electron chi connectivity index (χ1n) is 9.07. The molecule has 146 valence electrons. The predicted octanol–water partition coefficient (Wildman–Crippen LogP) is 3.88. The summed E-state index contributed by atoms with van der Waals surface area (Å²) < 4.78 is 21.2. The highest BCUT2D eigenvalue weighted by Gasteiger charge is 2.10. The molecule has 0 aliphatic rings. The fourth-order valence-corrected chi connectivity index (χ4v) is 2.77. The molecule has 1 heterocycles. The van der Waals surface area contributed by atoms with E-state index in [4.69, 9.17) is 18.6 Å². The maximum atomic E-state index is 12.0. The first-order valence-corrected chi connectivity index (χ1v) is 9.07. The van der Waals surface area contributed by atoms with Crippen molar-refractivity contribution in [3.05, 3.63) is 70.1 Å². The van der Waals surface area contributed by atoms with Gasteiger partial charge in [-0.1, -0.05) is 19.1 Å². The van der Waals surface area contributed by atoms with Crippen molar-refractivity contribution < 1.29 is 23.4 Å². The van der Waals surface area contributed by atoms with Gasteiger partial charge in [0.15, 0.2) is 0 Å². The van der Waals surface area contributed by atoms with Crippen molar-refractivity contribution in [1.29, 1.82) is 0 Å². The molecule has 6 nitrogen and oxygen atoms in total. The average molecular weight is 382 g/mol. The van der Waals surface area contributed by atoms with E-state index in [1.165, 1.54) is 6.07 Å². The SMILES string of the molecule is CCc1ccc2c(COC(=O)CCOc3ccc(OC)cc3)cc(=O)oc2c1. The molecule has 3 aromatic rings. The molecule has 2 aromatic carbocycles. The quantitative estimate of drug-likeness (QED) is 0.435. The maximum Gasteiger partial charge on any atom is 0.336 e. The Kier molecular flexibility index (Phi) is 6.32. The number of aryl methyl sites for hydroxylation is 1.